The highest BCUT2D eigenvalue weighted by atomic mass is 16.4. The SMILES string of the molecule is C=CNc1cnc2ccc(C(=O)O)cn12. The predicted molar refractivity (Wildman–Crippen MR) is 56.0 cm³/mol. The number of imidazole rings is 1. The summed E-state index contributed by atoms with van der Waals surface area (Å²) in [5.74, 6) is -0.279. The number of carboxylic acid groups (broad SMARTS) is 1. The van der Waals surface area contributed by atoms with Gasteiger partial charge in [0, 0.05) is 6.20 Å². The van der Waals surface area contributed by atoms with E-state index in [2.05, 4.69) is 16.9 Å². The number of nitrogens with zero attached hydrogens (tertiary/aromatic N) is 2. The van der Waals surface area contributed by atoms with Crippen LogP contribution in [0.15, 0.2) is 37.3 Å². The number of hydrogen-bond acceptors (Lipinski definition) is 3. The molecular weight excluding hydrogens is 194 g/mol. The van der Waals surface area contributed by atoms with E-state index in [4.69, 9.17) is 5.11 Å². The Kier molecular flexibility index (Phi) is 2.13. The molecule has 5 nitrogen and oxygen atoms in total. The van der Waals surface area contributed by atoms with E-state index in [1.54, 1.807) is 16.7 Å². The lowest BCUT2D eigenvalue weighted by molar-refractivity contribution is 0.0696. The number of aromatic carboxylic acids is 1. The molecule has 0 amide bonds. The van der Waals surface area contributed by atoms with Crippen molar-refractivity contribution in [2.24, 2.45) is 0 Å². The summed E-state index contributed by atoms with van der Waals surface area (Å²) in [6.45, 7) is 3.53. The quantitative estimate of drug-likeness (QED) is 0.794. The second-order valence-electron chi connectivity index (χ2n) is 2.94. The van der Waals surface area contributed by atoms with Gasteiger partial charge >= 0.3 is 5.97 Å². The van der Waals surface area contributed by atoms with E-state index in [0.717, 1.165) is 0 Å². The number of aromatic nitrogens is 2. The molecule has 0 radical (unpaired) electrons. The zero-order valence-electron chi connectivity index (χ0n) is 7.84. The largest absolute Gasteiger partial charge is 0.478 e. The molecule has 0 saturated heterocycles. The molecule has 0 aliphatic rings. The third kappa shape index (κ3) is 1.54. The van der Waals surface area contributed by atoms with E-state index in [1.165, 1.54) is 18.5 Å². The van der Waals surface area contributed by atoms with Crippen molar-refractivity contribution in [2.45, 2.75) is 0 Å². The topological polar surface area (TPSA) is 66.6 Å². The molecule has 0 unspecified atom stereocenters. The third-order valence-electron chi connectivity index (χ3n) is 2.00. The van der Waals surface area contributed by atoms with E-state index in [-0.39, 0.29) is 5.56 Å². The van der Waals surface area contributed by atoms with Crippen LogP contribution < -0.4 is 5.32 Å². The first-order valence-electron chi connectivity index (χ1n) is 4.30. The summed E-state index contributed by atoms with van der Waals surface area (Å²) in [7, 11) is 0. The fourth-order valence-corrected chi connectivity index (χ4v) is 1.32. The minimum Gasteiger partial charge on any atom is -0.478 e. The number of anilines is 1. The summed E-state index contributed by atoms with van der Waals surface area (Å²) >= 11 is 0. The molecular formula is C10H9N3O2. The number of fused-ring (bicyclic) bond motifs is 1. The number of pyridine rings is 1. The Hall–Kier alpha value is -2.30. The first kappa shape index (κ1) is 9.26. The van der Waals surface area contributed by atoms with Crippen LogP contribution >= 0.6 is 0 Å². The Labute approximate surface area is 85.7 Å². The maximum absolute atomic E-state index is 10.8. The molecule has 0 bridgehead atoms. The van der Waals surface area contributed by atoms with Crippen molar-refractivity contribution in [1.29, 1.82) is 0 Å². The van der Waals surface area contributed by atoms with Gasteiger partial charge < -0.3 is 10.4 Å². The van der Waals surface area contributed by atoms with E-state index in [1.807, 2.05) is 0 Å². The van der Waals surface area contributed by atoms with Crippen LogP contribution in [0.2, 0.25) is 0 Å². The highest BCUT2D eigenvalue weighted by molar-refractivity contribution is 5.87. The molecule has 2 aromatic heterocycles. The molecule has 0 saturated carbocycles. The van der Waals surface area contributed by atoms with Crippen LogP contribution in [0.3, 0.4) is 0 Å². The summed E-state index contributed by atoms with van der Waals surface area (Å²) in [4.78, 5) is 14.9. The van der Waals surface area contributed by atoms with Gasteiger partial charge in [-0.1, -0.05) is 6.58 Å². The van der Waals surface area contributed by atoms with E-state index in [9.17, 15) is 4.79 Å². The molecule has 76 valence electrons. The van der Waals surface area contributed by atoms with Gasteiger partial charge in [-0.05, 0) is 18.3 Å². The minimum atomic E-state index is -0.963. The Balaban J connectivity index is 2.60. The average molecular weight is 203 g/mol. The first-order chi connectivity index (χ1) is 7.22. The predicted octanol–water partition coefficient (Wildman–Crippen LogP) is 1.59. The van der Waals surface area contributed by atoms with Crippen molar-refractivity contribution >= 4 is 17.4 Å². The summed E-state index contributed by atoms with van der Waals surface area (Å²) in [5, 5.41) is 11.7. The van der Waals surface area contributed by atoms with Crippen molar-refractivity contribution in [2.75, 3.05) is 5.32 Å². The van der Waals surface area contributed by atoms with Crippen molar-refractivity contribution in [1.82, 2.24) is 9.38 Å². The Morgan fingerprint density at radius 3 is 3.07 bits per heavy atom. The van der Waals surface area contributed by atoms with Gasteiger partial charge in [-0.15, -0.1) is 0 Å². The van der Waals surface area contributed by atoms with Crippen LogP contribution in [0.1, 0.15) is 10.4 Å². The summed E-state index contributed by atoms with van der Waals surface area (Å²) in [5.41, 5.74) is 0.900. The second-order valence-corrected chi connectivity index (χ2v) is 2.94. The van der Waals surface area contributed by atoms with Crippen molar-refractivity contribution in [3.63, 3.8) is 0 Å². The Morgan fingerprint density at radius 1 is 1.60 bits per heavy atom. The lowest BCUT2D eigenvalue weighted by Crippen LogP contribution is -2.00. The number of hydrogen-bond donors (Lipinski definition) is 2. The Morgan fingerprint density at radius 2 is 2.40 bits per heavy atom. The van der Waals surface area contributed by atoms with Gasteiger partial charge in [0.05, 0.1) is 11.8 Å². The van der Waals surface area contributed by atoms with Crippen LogP contribution in [-0.4, -0.2) is 20.5 Å². The van der Waals surface area contributed by atoms with E-state index >= 15 is 0 Å². The van der Waals surface area contributed by atoms with Crippen molar-refractivity contribution in [3.8, 4) is 0 Å². The molecule has 15 heavy (non-hydrogen) atoms. The fraction of sp³-hybridized carbons (Fsp3) is 0. The molecule has 5 heteroatoms. The molecule has 0 atom stereocenters. The van der Waals surface area contributed by atoms with Gasteiger partial charge in [0.1, 0.15) is 11.5 Å². The molecule has 2 rings (SSSR count). The lowest BCUT2D eigenvalue weighted by atomic mass is 10.3. The standard InChI is InChI=1S/C10H9N3O2/c1-2-11-9-5-12-8-4-3-7(10(14)15)6-13(8)9/h2-6,11H,1H2,(H,14,15). The normalized spacial score (nSPS) is 10.1. The van der Waals surface area contributed by atoms with Gasteiger partial charge in [0.2, 0.25) is 0 Å². The monoisotopic (exact) mass is 203 g/mol. The molecule has 0 aliphatic heterocycles. The molecule has 0 aromatic carbocycles. The van der Waals surface area contributed by atoms with E-state index < -0.39 is 5.97 Å². The fourth-order valence-electron chi connectivity index (χ4n) is 1.32. The number of rotatable bonds is 3. The van der Waals surface area contributed by atoms with Crippen LogP contribution in [0.25, 0.3) is 5.65 Å². The summed E-state index contributed by atoms with van der Waals surface area (Å²) in [6.07, 6.45) is 4.63. The van der Waals surface area contributed by atoms with Crippen LogP contribution in [0.4, 0.5) is 5.82 Å². The maximum atomic E-state index is 10.8. The van der Waals surface area contributed by atoms with Crippen LogP contribution in [0.5, 0.6) is 0 Å². The summed E-state index contributed by atoms with van der Waals surface area (Å²) < 4.78 is 1.66. The maximum Gasteiger partial charge on any atom is 0.337 e. The number of carboxylic acids is 1. The van der Waals surface area contributed by atoms with Crippen molar-refractivity contribution in [3.05, 3.63) is 42.9 Å². The van der Waals surface area contributed by atoms with Gasteiger partial charge in [0.25, 0.3) is 0 Å². The van der Waals surface area contributed by atoms with Gasteiger partial charge in [-0.25, -0.2) is 9.78 Å². The smallest absolute Gasteiger partial charge is 0.337 e. The highest BCUT2D eigenvalue weighted by Crippen LogP contribution is 2.13. The van der Waals surface area contributed by atoms with Gasteiger partial charge in [-0.3, -0.25) is 4.40 Å². The molecule has 0 fully saturated rings. The van der Waals surface area contributed by atoms with Crippen LogP contribution in [-0.2, 0) is 0 Å². The molecule has 0 aliphatic carbocycles. The highest BCUT2D eigenvalue weighted by Gasteiger charge is 2.06. The zero-order valence-corrected chi connectivity index (χ0v) is 7.84. The van der Waals surface area contributed by atoms with Gasteiger partial charge in [-0.2, -0.15) is 0 Å². The molecule has 2 N–H and O–H groups in total. The lowest BCUT2D eigenvalue weighted by Gasteiger charge is -2.01. The van der Waals surface area contributed by atoms with Crippen molar-refractivity contribution < 1.29 is 9.90 Å². The van der Waals surface area contributed by atoms with E-state index in [0.29, 0.717) is 11.5 Å². The number of nitrogens with one attached hydrogen (secondary N) is 1. The molecule has 2 heterocycles. The first-order valence-corrected chi connectivity index (χ1v) is 4.30. The number of carbonyl (C=O) groups is 1. The Bertz CT molecular complexity index is 530. The third-order valence-corrected chi connectivity index (χ3v) is 2.00. The summed E-state index contributed by atoms with van der Waals surface area (Å²) in [6, 6.07) is 3.17. The van der Waals surface area contributed by atoms with Gasteiger partial charge in [0.15, 0.2) is 0 Å². The minimum absolute atomic E-state index is 0.215. The molecule has 2 aromatic rings. The van der Waals surface area contributed by atoms with Crippen LogP contribution in [0, 0.1) is 0 Å². The molecule has 0 spiro atoms. The average Bonchev–Trinajstić information content (AvgIpc) is 2.61. The second kappa shape index (κ2) is 3.45. The zero-order chi connectivity index (χ0) is 10.8.